The van der Waals surface area contributed by atoms with Crippen molar-refractivity contribution in [2.24, 2.45) is 11.8 Å². The van der Waals surface area contributed by atoms with Crippen LogP contribution in [0.25, 0.3) is 5.57 Å². The van der Waals surface area contributed by atoms with Gasteiger partial charge in [-0.3, -0.25) is 4.79 Å². The molecule has 0 spiro atoms. The molecule has 2 aliphatic heterocycles. The molecule has 2 heterocycles. The van der Waals surface area contributed by atoms with Gasteiger partial charge in [-0.25, -0.2) is 4.39 Å². The first-order chi connectivity index (χ1) is 13.4. The molecule has 0 amide bonds. The molecular formula is C24H23FO3. The molecule has 2 saturated heterocycles. The first-order valence-electron chi connectivity index (χ1n) is 9.84. The predicted octanol–water partition coefficient (Wildman–Crippen LogP) is 4.79. The zero-order valence-corrected chi connectivity index (χ0v) is 16.2. The molecule has 4 heteroatoms. The zero-order valence-electron chi connectivity index (χ0n) is 16.2. The Morgan fingerprint density at radius 1 is 1.07 bits per heavy atom. The Hall–Kier alpha value is -2.46. The van der Waals surface area contributed by atoms with Gasteiger partial charge in [0.15, 0.2) is 5.78 Å². The number of ketones is 1. The van der Waals surface area contributed by atoms with Gasteiger partial charge in [0.25, 0.3) is 0 Å². The van der Waals surface area contributed by atoms with Crippen LogP contribution in [0.2, 0.25) is 0 Å². The number of aliphatic hydroxyl groups is 1. The maximum atomic E-state index is 14.4. The fourth-order valence-corrected chi connectivity index (χ4v) is 5.76. The molecule has 2 aromatic rings. The highest BCUT2D eigenvalue weighted by molar-refractivity contribution is 6.26. The zero-order chi connectivity index (χ0) is 19.7. The highest BCUT2D eigenvalue weighted by Gasteiger charge is 2.62. The maximum absolute atomic E-state index is 14.4. The van der Waals surface area contributed by atoms with E-state index in [9.17, 15) is 14.3 Å². The van der Waals surface area contributed by atoms with Gasteiger partial charge >= 0.3 is 0 Å². The largest absolute Gasteiger partial charge is 0.511 e. The Morgan fingerprint density at radius 2 is 1.75 bits per heavy atom. The quantitative estimate of drug-likeness (QED) is 0.817. The second-order valence-corrected chi connectivity index (χ2v) is 8.45. The first kappa shape index (κ1) is 17.6. The van der Waals surface area contributed by atoms with Gasteiger partial charge in [-0.1, -0.05) is 35.9 Å². The molecule has 1 N–H and O–H groups in total. The number of carbonyl (C=O) groups is 1. The van der Waals surface area contributed by atoms with Crippen molar-refractivity contribution in [1.29, 1.82) is 0 Å². The summed E-state index contributed by atoms with van der Waals surface area (Å²) in [5, 5.41) is 11.1. The van der Waals surface area contributed by atoms with Gasteiger partial charge in [0.05, 0.1) is 29.6 Å². The molecule has 144 valence electrons. The van der Waals surface area contributed by atoms with Gasteiger partial charge in [0.2, 0.25) is 0 Å². The van der Waals surface area contributed by atoms with E-state index in [-0.39, 0.29) is 47.3 Å². The van der Waals surface area contributed by atoms with Crippen molar-refractivity contribution >= 4 is 11.4 Å². The van der Waals surface area contributed by atoms with E-state index in [1.165, 1.54) is 6.07 Å². The number of ether oxygens (including phenoxy) is 1. The summed E-state index contributed by atoms with van der Waals surface area (Å²) in [5.74, 6) is -1.04. The molecule has 2 aromatic carbocycles. The minimum Gasteiger partial charge on any atom is -0.511 e. The van der Waals surface area contributed by atoms with Crippen molar-refractivity contribution in [2.45, 2.75) is 45.3 Å². The summed E-state index contributed by atoms with van der Waals surface area (Å²) in [6, 6.07) is 10.8. The molecule has 3 unspecified atom stereocenters. The maximum Gasteiger partial charge on any atom is 0.173 e. The van der Waals surface area contributed by atoms with Crippen LogP contribution in [0.5, 0.6) is 0 Å². The highest BCUT2D eigenvalue weighted by atomic mass is 19.1. The van der Waals surface area contributed by atoms with E-state index in [0.717, 1.165) is 22.3 Å². The van der Waals surface area contributed by atoms with Crippen LogP contribution in [0.1, 0.15) is 40.2 Å². The fourth-order valence-electron chi connectivity index (χ4n) is 5.76. The molecule has 28 heavy (non-hydrogen) atoms. The van der Waals surface area contributed by atoms with Gasteiger partial charge < -0.3 is 9.84 Å². The van der Waals surface area contributed by atoms with Crippen LogP contribution < -0.4 is 0 Å². The molecular weight excluding hydrogens is 355 g/mol. The Morgan fingerprint density at radius 3 is 2.43 bits per heavy atom. The van der Waals surface area contributed by atoms with Crippen LogP contribution in [0.3, 0.4) is 0 Å². The lowest BCUT2D eigenvalue weighted by molar-refractivity contribution is -0.118. The summed E-state index contributed by atoms with van der Waals surface area (Å²) in [4.78, 5) is 13.3. The van der Waals surface area contributed by atoms with E-state index in [0.29, 0.717) is 17.6 Å². The first-order valence-corrected chi connectivity index (χ1v) is 9.84. The van der Waals surface area contributed by atoms with E-state index in [1.807, 2.05) is 39.0 Å². The Bertz CT molecular complexity index is 1010. The average molecular weight is 378 g/mol. The third kappa shape index (κ3) is 2.27. The van der Waals surface area contributed by atoms with Gasteiger partial charge in [-0.2, -0.15) is 0 Å². The number of Topliss-reactive ketones (excluding diaryl/α,β-unsaturated/α-hetero) is 1. The van der Waals surface area contributed by atoms with E-state index < -0.39 is 0 Å². The van der Waals surface area contributed by atoms with Crippen LogP contribution in [0, 0.1) is 38.4 Å². The summed E-state index contributed by atoms with van der Waals surface area (Å²) in [6.07, 6.45) is -0.0116. The van der Waals surface area contributed by atoms with E-state index in [1.54, 1.807) is 12.1 Å². The molecule has 3 aliphatic rings. The smallest absolute Gasteiger partial charge is 0.173 e. The monoisotopic (exact) mass is 378 g/mol. The van der Waals surface area contributed by atoms with Gasteiger partial charge in [-0.05, 0) is 55.5 Å². The second-order valence-electron chi connectivity index (χ2n) is 8.45. The number of fused-ring (bicyclic) bond motifs is 5. The van der Waals surface area contributed by atoms with Crippen molar-refractivity contribution < 1.29 is 19.0 Å². The number of hydrogen-bond donors (Lipinski definition) is 1. The van der Waals surface area contributed by atoms with Crippen molar-refractivity contribution in [3.05, 3.63) is 75.8 Å². The number of halogens is 1. The average Bonchev–Trinajstić information content (AvgIpc) is 3.28. The van der Waals surface area contributed by atoms with Crippen LogP contribution in [-0.2, 0) is 9.53 Å². The number of aliphatic hydroxyl groups excluding tert-OH is 1. The minimum absolute atomic E-state index is 0.0305. The molecule has 2 fully saturated rings. The van der Waals surface area contributed by atoms with E-state index in [4.69, 9.17) is 4.74 Å². The molecule has 2 bridgehead atoms. The van der Waals surface area contributed by atoms with Crippen molar-refractivity contribution in [2.75, 3.05) is 0 Å². The van der Waals surface area contributed by atoms with Gasteiger partial charge in [0, 0.05) is 5.92 Å². The number of rotatable bonds is 2. The molecule has 5 atom stereocenters. The lowest BCUT2D eigenvalue weighted by atomic mass is 9.72. The van der Waals surface area contributed by atoms with Gasteiger partial charge in [-0.15, -0.1) is 0 Å². The Labute approximate surface area is 163 Å². The number of carbonyl (C=O) groups excluding carboxylic acids is 1. The third-order valence-electron chi connectivity index (χ3n) is 6.71. The number of hydrogen-bond acceptors (Lipinski definition) is 3. The summed E-state index contributed by atoms with van der Waals surface area (Å²) < 4.78 is 20.5. The number of benzene rings is 2. The second kappa shape index (κ2) is 6.02. The SMILES string of the molecule is Cc1cc(C)c(C2=C(O)[C@@H]3C4OC(CC4c4ccccc4F)[C@@H]3C2=O)c(C)c1. The highest BCUT2D eigenvalue weighted by Crippen LogP contribution is 2.58. The summed E-state index contributed by atoms with van der Waals surface area (Å²) in [5.41, 5.74) is 5.01. The molecule has 0 radical (unpaired) electrons. The summed E-state index contributed by atoms with van der Waals surface area (Å²) in [7, 11) is 0. The fraction of sp³-hybridized carbons (Fsp3) is 0.375. The predicted molar refractivity (Wildman–Crippen MR) is 105 cm³/mol. The van der Waals surface area contributed by atoms with E-state index in [2.05, 4.69) is 0 Å². The van der Waals surface area contributed by atoms with E-state index >= 15 is 0 Å². The van der Waals surface area contributed by atoms with Crippen molar-refractivity contribution in [3.8, 4) is 0 Å². The lowest BCUT2D eigenvalue weighted by Gasteiger charge is -2.28. The molecule has 5 rings (SSSR count). The Balaban J connectivity index is 1.59. The van der Waals surface area contributed by atoms with Crippen molar-refractivity contribution in [1.82, 2.24) is 0 Å². The normalized spacial score (nSPS) is 31.0. The van der Waals surface area contributed by atoms with Crippen LogP contribution in [-0.4, -0.2) is 23.1 Å². The number of aryl methyl sites for hydroxylation is 3. The molecule has 0 aromatic heterocycles. The van der Waals surface area contributed by atoms with Crippen LogP contribution >= 0.6 is 0 Å². The summed E-state index contributed by atoms with van der Waals surface area (Å²) in [6.45, 7) is 5.98. The molecule has 3 nitrogen and oxygen atoms in total. The molecule has 0 saturated carbocycles. The van der Waals surface area contributed by atoms with Gasteiger partial charge in [0.1, 0.15) is 11.6 Å². The Kier molecular flexibility index (Phi) is 3.79. The third-order valence-corrected chi connectivity index (χ3v) is 6.71. The van der Waals surface area contributed by atoms with Crippen molar-refractivity contribution in [3.63, 3.8) is 0 Å². The number of allylic oxidation sites excluding steroid dienone is 1. The standard InChI is InChI=1S/C24H23FO3/c1-11-8-12(2)18(13(3)9-11)20-22(26)19-17-10-15(14-6-4-5-7-16(14)25)24(28-17)21(19)23(20)27/h4-9,15,17,19,21,24,27H,10H2,1-3H3/t15?,17?,19-,21+,24?/m0/s1. The van der Waals surface area contributed by atoms with Crippen LogP contribution in [0.15, 0.2) is 42.2 Å². The van der Waals surface area contributed by atoms with Crippen LogP contribution in [0.4, 0.5) is 4.39 Å². The topological polar surface area (TPSA) is 46.5 Å². The lowest BCUT2D eigenvalue weighted by Crippen LogP contribution is -2.33. The minimum atomic E-state index is -0.383. The molecule has 1 aliphatic carbocycles. The summed E-state index contributed by atoms with van der Waals surface area (Å²) >= 11 is 0.